The first-order valence-electron chi connectivity index (χ1n) is 13.7. The summed E-state index contributed by atoms with van der Waals surface area (Å²) in [5, 5.41) is 0. The van der Waals surface area contributed by atoms with Gasteiger partial charge in [0, 0.05) is 20.4 Å². The molecule has 0 fully saturated rings. The fraction of sp³-hybridized carbons (Fsp3) is 1.00. The number of nitrogens with zero attached hydrogens (tertiary/aromatic N) is 2. The van der Waals surface area contributed by atoms with Crippen LogP contribution in [-0.2, 0) is 33.9 Å². The van der Waals surface area contributed by atoms with Crippen LogP contribution < -0.4 is 0 Å². The maximum atomic E-state index is 3.07. The van der Waals surface area contributed by atoms with Crippen LogP contribution in [0.25, 0.3) is 0 Å². The van der Waals surface area contributed by atoms with Gasteiger partial charge in [-0.15, -0.1) is 0 Å². The van der Waals surface area contributed by atoms with Gasteiger partial charge in [0.15, 0.2) is 0 Å². The van der Waals surface area contributed by atoms with Gasteiger partial charge in [0.1, 0.15) is 0 Å². The van der Waals surface area contributed by atoms with Crippen LogP contribution in [-0.4, -0.2) is 92.2 Å². The largest absolute Gasteiger partial charge is 0.813 e. The van der Waals surface area contributed by atoms with E-state index in [0.29, 0.717) is 0 Å². The monoisotopic (exact) mass is 771 g/mol. The van der Waals surface area contributed by atoms with Gasteiger partial charge in [0.2, 0.25) is 0 Å². The van der Waals surface area contributed by atoms with E-state index in [0.717, 1.165) is 0 Å². The summed E-state index contributed by atoms with van der Waals surface area (Å²) in [6.45, 7) is 44.4. The van der Waals surface area contributed by atoms with Gasteiger partial charge >= 0.3 is 134 Å². The third-order valence-corrected chi connectivity index (χ3v) is 45.1. The molecule has 0 bridgehead atoms. The first-order chi connectivity index (χ1) is 14.7. The molecule has 0 aliphatic rings. The summed E-state index contributed by atoms with van der Waals surface area (Å²) in [6, 6.07) is 0. The van der Waals surface area contributed by atoms with Crippen molar-refractivity contribution in [3.8, 4) is 0 Å². The molecule has 0 aliphatic heterocycles. The Labute approximate surface area is 260 Å². The van der Waals surface area contributed by atoms with E-state index in [2.05, 4.69) is 126 Å². The van der Waals surface area contributed by atoms with E-state index in [1.165, 1.54) is 37.0 Å². The molecule has 0 rings (SSSR count). The van der Waals surface area contributed by atoms with Gasteiger partial charge in [-0.1, -0.05) is 0 Å². The Morgan fingerprint density at radius 3 is 0.629 bits per heavy atom. The van der Waals surface area contributed by atoms with Crippen LogP contribution in [0.1, 0.15) is 41.5 Å². The molecule has 0 saturated heterocycles. The standard InChI is InChI=1S/C12H36GeN2Si4.2C6H15P.Pd.H2S/c1-16(2,3)14(17(4,5)6)13-15(18(7,8)9)19(10,11)12;2*1-4-7(5-2)6-3;;/h1-12H3;2*4-6H2,1-3H3;;1H2/p+1. The SMILES string of the molecule is CC[PH+](CC)CC.CC[PH+](CC)CC.C[Si](C)(C)[N]([Ge][N]([Si](C)(C)C)[Si](C)(C)C)[Si](C)(C)C.[Pd].[SH-]. The Kier molecular flexibility index (Phi) is 31.3. The van der Waals surface area contributed by atoms with Crippen LogP contribution in [0.4, 0.5) is 0 Å². The zero-order valence-corrected chi connectivity index (χ0v) is 37.9. The Bertz CT molecular complexity index is 397. The maximum Gasteiger partial charge on any atom is 0 e. The predicted molar refractivity (Wildman–Crippen MR) is 191 cm³/mol. The van der Waals surface area contributed by atoms with Crippen LogP contribution in [0, 0.1) is 0 Å². The maximum absolute atomic E-state index is 3.07. The Morgan fingerprint density at radius 2 is 0.571 bits per heavy atom. The van der Waals surface area contributed by atoms with Crippen molar-refractivity contribution in [2.75, 3.05) is 37.0 Å². The van der Waals surface area contributed by atoms with Gasteiger partial charge < -0.3 is 13.5 Å². The smallest absolute Gasteiger partial charge is 0 e. The van der Waals surface area contributed by atoms with E-state index in [1.54, 1.807) is 0 Å². The number of hydrogen-bond donors (Lipinski definition) is 0. The molecule has 2 radical (unpaired) electrons. The molecule has 0 aromatic heterocycles. The van der Waals surface area contributed by atoms with Gasteiger partial charge in [0.25, 0.3) is 0 Å². The number of hydrogen-bond acceptors (Lipinski definition) is 3. The van der Waals surface area contributed by atoms with Crippen molar-refractivity contribution >= 4 is 78.2 Å². The van der Waals surface area contributed by atoms with Crippen molar-refractivity contribution in [1.29, 1.82) is 0 Å². The number of rotatable bonds is 12. The molecule has 2 nitrogen and oxygen atoms in total. The zero-order chi connectivity index (χ0) is 27.3. The molecule has 0 spiro atoms. The molecule has 0 atom stereocenters. The first kappa shape index (κ1) is 48.0. The van der Waals surface area contributed by atoms with Crippen molar-refractivity contribution in [2.45, 2.75) is 120 Å². The molecule has 0 N–H and O–H groups in total. The van der Waals surface area contributed by atoms with Crippen molar-refractivity contribution in [3.63, 3.8) is 0 Å². The molecule has 0 aromatic rings. The quantitative estimate of drug-likeness (QED) is 0.0850. The third-order valence-electron chi connectivity index (χ3n) is 5.88. The molecule has 0 aliphatic carbocycles. The van der Waals surface area contributed by atoms with Crippen LogP contribution in [0.3, 0.4) is 0 Å². The van der Waals surface area contributed by atoms with Crippen LogP contribution in [0.5, 0.6) is 0 Å². The fourth-order valence-electron chi connectivity index (χ4n) is 4.21. The van der Waals surface area contributed by atoms with Crippen LogP contribution in [0.15, 0.2) is 0 Å². The molecular weight excluding hydrogens is 702 g/mol. The van der Waals surface area contributed by atoms with Crippen LogP contribution in [0.2, 0.25) is 78.6 Å². The minimum atomic E-state index is -1.19. The van der Waals surface area contributed by atoms with E-state index >= 15 is 0 Å². The average molecular weight is 771 g/mol. The van der Waals surface area contributed by atoms with Crippen molar-refractivity contribution in [2.24, 2.45) is 0 Å². The zero-order valence-electron chi connectivity index (χ0n) is 27.4. The summed E-state index contributed by atoms with van der Waals surface area (Å²) < 4.78 is 6.13. The average Bonchev–Trinajstić information content (AvgIpc) is 2.61. The van der Waals surface area contributed by atoms with Crippen molar-refractivity contribution in [1.82, 2.24) is 6.38 Å². The van der Waals surface area contributed by atoms with E-state index < -0.39 is 32.9 Å². The fourth-order valence-corrected chi connectivity index (χ4v) is 36.6. The Balaban J connectivity index is -0.000000155. The van der Waals surface area contributed by atoms with Gasteiger partial charge in [-0.25, -0.2) is 0 Å². The number of thiol groups is 1. The van der Waals surface area contributed by atoms with Gasteiger partial charge in [-0.3, -0.25) is 0 Å². The molecule has 0 saturated carbocycles. The third kappa shape index (κ3) is 24.7. The molecule has 220 valence electrons. The van der Waals surface area contributed by atoms with Crippen LogP contribution >= 0.6 is 15.8 Å². The Morgan fingerprint density at radius 1 is 0.429 bits per heavy atom. The second-order valence-corrected chi connectivity index (χ2v) is 46.4. The molecule has 0 heterocycles. The summed E-state index contributed by atoms with van der Waals surface area (Å²) in [7, 11) is -4.48. The minimum absolute atomic E-state index is 0. The van der Waals surface area contributed by atoms with E-state index in [1.807, 2.05) is 0 Å². The molecular formula is C24H69GeN2P2PdSSi4+. The second kappa shape index (κ2) is 22.8. The second-order valence-electron chi connectivity index (χ2n) is 13.1. The van der Waals surface area contributed by atoms with Gasteiger partial charge in [0.05, 0.1) is 37.0 Å². The first-order valence-corrected chi connectivity index (χ1v) is 33.6. The normalized spacial score (nSPS) is 12.5. The van der Waals surface area contributed by atoms with E-state index in [9.17, 15) is 0 Å². The molecule has 0 amide bonds. The van der Waals surface area contributed by atoms with E-state index in [4.69, 9.17) is 0 Å². The summed E-state index contributed by atoms with van der Waals surface area (Å²) >= 11 is -0.114. The minimum Gasteiger partial charge on any atom is -0.813 e. The summed E-state index contributed by atoms with van der Waals surface area (Å²) in [5.41, 5.74) is 0. The van der Waals surface area contributed by atoms with Gasteiger partial charge in [-0.2, -0.15) is 0 Å². The summed E-state index contributed by atoms with van der Waals surface area (Å²) in [5.74, 6) is 0. The topological polar surface area (TPSA) is 6.48 Å². The Hall–Kier alpha value is 3.20. The molecule has 35 heavy (non-hydrogen) atoms. The molecule has 0 aromatic carbocycles. The van der Waals surface area contributed by atoms with E-state index in [-0.39, 0.29) is 65.6 Å². The summed E-state index contributed by atoms with van der Waals surface area (Å²) in [6.07, 6.45) is 8.74. The van der Waals surface area contributed by atoms with Crippen molar-refractivity contribution < 1.29 is 20.4 Å². The van der Waals surface area contributed by atoms with Gasteiger partial charge in [-0.05, 0) is 57.4 Å². The van der Waals surface area contributed by atoms with Crippen molar-refractivity contribution in [3.05, 3.63) is 0 Å². The predicted octanol–water partition coefficient (Wildman–Crippen LogP) is 8.71. The summed E-state index contributed by atoms with van der Waals surface area (Å²) in [4.78, 5) is 0. The molecule has 11 heteroatoms. The molecule has 0 unspecified atom stereocenters.